The van der Waals surface area contributed by atoms with Crippen molar-refractivity contribution in [2.75, 3.05) is 7.11 Å². The number of hydrogen-bond acceptors (Lipinski definition) is 5. The van der Waals surface area contributed by atoms with E-state index in [4.69, 9.17) is 33.2 Å². The van der Waals surface area contributed by atoms with Gasteiger partial charge in [-0.05, 0) is 43.9 Å². The molecule has 2 fully saturated rings. The molecular formula is C17H18Cl2N2O4S. The van der Waals surface area contributed by atoms with Crippen molar-refractivity contribution >= 4 is 38.9 Å². The molecule has 0 aromatic heterocycles. The van der Waals surface area contributed by atoms with E-state index >= 15 is 0 Å². The van der Waals surface area contributed by atoms with Crippen molar-refractivity contribution in [1.29, 1.82) is 5.26 Å². The van der Waals surface area contributed by atoms with Crippen LogP contribution in [0.15, 0.2) is 23.1 Å². The molecule has 2 aliphatic rings. The van der Waals surface area contributed by atoms with Gasteiger partial charge in [-0.2, -0.15) is 5.26 Å². The lowest BCUT2D eigenvalue weighted by atomic mass is 10.0. The molecule has 0 unspecified atom stereocenters. The minimum absolute atomic E-state index is 0.000154. The molecule has 6 nitrogen and oxygen atoms in total. The molecule has 0 bridgehead atoms. The van der Waals surface area contributed by atoms with E-state index in [1.54, 1.807) is 0 Å². The average molecular weight is 417 g/mol. The van der Waals surface area contributed by atoms with Crippen molar-refractivity contribution in [2.24, 2.45) is 5.92 Å². The van der Waals surface area contributed by atoms with Gasteiger partial charge in [-0.1, -0.05) is 23.2 Å². The first kappa shape index (κ1) is 19.4. The normalized spacial score (nSPS) is 26.9. The largest absolute Gasteiger partial charge is 0.381 e. The Labute approximate surface area is 162 Å². The van der Waals surface area contributed by atoms with E-state index in [0.29, 0.717) is 17.9 Å². The van der Waals surface area contributed by atoms with Crippen molar-refractivity contribution in [3.05, 3.63) is 28.2 Å². The van der Waals surface area contributed by atoms with Gasteiger partial charge in [0.05, 0.1) is 33.3 Å². The van der Waals surface area contributed by atoms with E-state index in [-0.39, 0.29) is 28.7 Å². The first-order valence-electron chi connectivity index (χ1n) is 8.17. The quantitative estimate of drug-likeness (QED) is 0.795. The van der Waals surface area contributed by atoms with Crippen LogP contribution in [0, 0.1) is 17.2 Å². The molecule has 1 aromatic rings. The number of methoxy groups -OCH3 is 1. The van der Waals surface area contributed by atoms with Crippen molar-refractivity contribution in [3.63, 3.8) is 0 Å². The predicted molar refractivity (Wildman–Crippen MR) is 96.7 cm³/mol. The summed E-state index contributed by atoms with van der Waals surface area (Å²) in [5, 5.41) is 11.5. The lowest BCUT2D eigenvalue weighted by Gasteiger charge is -2.19. The summed E-state index contributed by atoms with van der Waals surface area (Å²) in [6.45, 7) is 0. The van der Waals surface area contributed by atoms with Gasteiger partial charge in [-0.25, -0.2) is 8.42 Å². The number of hydrogen-bond donors (Lipinski definition) is 1. The highest BCUT2D eigenvalue weighted by Crippen LogP contribution is 2.40. The second-order valence-corrected chi connectivity index (χ2v) is 9.82. The Bertz CT molecular complexity index is 877. The second kappa shape index (κ2) is 7.01. The number of nitriles is 1. The number of sulfone groups is 1. The summed E-state index contributed by atoms with van der Waals surface area (Å²) in [4.78, 5) is 12.6. The summed E-state index contributed by atoms with van der Waals surface area (Å²) in [5.41, 5.74) is -0.800. The van der Waals surface area contributed by atoms with E-state index < -0.39 is 32.6 Å². The number of rotatable bonds is 5. The van der Waals surface area contributed by atoms with Crippen LogP contribution in [0.1, 0.15) is 25.7 Å². The standard InChI is InChI=1S/C17H18Cl2N2O4S/c1-25-14-8-11(7-12(14)16(22)21-17(9-20)4-5-17)26(23,24)15-3-2-10(18)6-13(15)19/h2-3,6,11-12,14H,4-5,7-8H2,1H3,(H,21,22)/t11-,12-,14-/m0/s1. The molecule has 26 heavy (non-hydrogen) atoms. The number of nitrogens with zero attached hydrogens (tertiary/aromatic N) is 1. The van der Waals surface area contributed by atoms with Crippen LogP contribution in [0.4, 0.5) is 0 Å². The van der Waals surface area contributed by atoms with Gasteiger partial charge in [0.2, 0.25) is 5.91 Å². The molecular weight excluding hydrogens is 399 g/mol. The van der Waals surface area contributed by atoms with E-state index in [1.165, 1.54) is 25.3 Å². The average Bonchev–Trinajstić information content (AvgIpc) is 3.20. The number of benzene rings is 1. The highest BCUT2D eigenvalue weighted by Gasteiger charge is 2.50. The Kier molecular flexibility index (Phi) is 5.24. The van der Waals surface area contributed by atoms with E-state index in [9.17, 15) is 13.2 Å². The molecule has 3 rings (SSSR count). The van der Waals surface area contributed by atoms with Gasteiger partial charge in [0.15, 0.2) is 9.84 Å². The van der Waals surface area contributed by atoms with E-state index in [0.717, 1.165) is 0 Å². The zero-order valence-corrected chi connectivity index (χ0v) is 16.4. The smallest absolute Gasteiger partial charge is 0.227 e. The van der Waals surface area contributed by atoms with Crippen molar-refractivity contribution in [1.82, 2.24) is 5.32 Å². The van der Waals surface area contributed by atoms with Gasteiger partial charge in [-0.15, -0.1) is 0 Å². The number of halogens is 2. The van der Waals surface area contributed by atoms with Crippen molar-refractivity contribution in [3.8, 4) is 6.07 Å². The van der Waals surface area contributed by atoms with Crippen LogP contribution in [0.5, 0.6) is 0 Å². The molecule has 0 heterocycles. The lowest BCUT2D eigenvalue weighted by molar-refractivity contribution is -0.128. The molecule has 1 N–H and O–H groups in total. The zero-order valence-electron chi connectivity index (χ0n) is 14.0. The predicted octanol–water partition coefficient (Wildman–Crippen LogP) is 2.73. The number of ether oxygens (including phenoxy) is 1. The van der Waals surface area contributed by atoms with Gasteiger partial charge in [0.1, 0.15) is 5.54 Å². The third-order valence-electron chi connectivity index (χ3n) is 5.07. The first-order valence-corrected chi connectivity index (χ1v) is 10.5. The maximum Gasteiger partial charge on any atom is 0.227 e. The molecule has 140 valence electrons. The highest BCUT2D eigenvalue weighted by molar-refractivity contribution is 7.92. The molecule has 1 aromatic carbocycles. The van der Waals surface area contributed by atoms with E-state index in [2.05, 4.69) is 11.4 Å². The van der Waals surface area contributed by atoms with Crippen LogP contribution in [-0.2, 0) is 19.4 Å². The molecule has 3 atom stereocenters. The zero-order chi connectivity index (χ0) is 19.1. The van der Waals surface area contributed by atoms with Crippen LogP contribution in [-0.4, -0.2) is 38.3 Å². The Morgan fingerprint density at radius 3 is 2.58 bits per heavy atom. The fraction of sp³-hybridized carbons (Fsp3) is 0.529. The van der Waals surface area contributed by atoms with E-state index in [1.807, 2.05) is 0 Å². The van der Waals surface area contributed by atoms with Crippen LogP contribution in [0.3, 0.4) is 0 Å². The summed E-state index contributed by atoms with van der Waals surface area (Å²) >= 11 is 11.9. The monoisotopic (exact) mass is 416 g/mol. The Balaban J connectivity index is 1.81. The summed E-state index contributed by atoms with van der Waals surface area (Å²) in [7, 11) is -2.29. The van der Waals surface area contributed by atoms with Crippen LogP contribution in [0.25, 0.3) is 0 Å². The van der Waals surface area contributed by atoms with Gasteiger partial charge < -0.3 is 10.1 Å². The fourth-order valence-corrected chi connectivity index (χ4v) is 5.93. The topological polar surface area (TPSA) is 96.3 Å². The first-order chi connectivity index (χ1) is 12.2. The van der Waals surface area contributed by atoms with Gasteiger partial charge in [-0.3, -0.25) is 4.79 Å². The lowest BCUT2D eigenvalue weighted by Crippen LogP contribution is -2.42. The Hall–Kier alpha value is -1.33. The maximum atomic E-state index is 13.0. The molecule has 0 radical (unpaired) electrons. The molecule has 0 aliphatic heterocycles. The third kappa shape index (κ3) is 3.56. The summed E-state index contributed by atoms with van der Waals surface area (Å²) < 4.78 is 31.3. The number of amides is 1. The molecule has 0 spiro atoms. The molecule has 2 aliphatic carbocycles. The molecule has 1 amide bonds. The molecule has 9 heteroatoms. The molecule has 0 saturated heterocycles. The summed E-state index contributed by atoms with van der Waals surface area (Å²) in [6, 6.07) is 6.33. The summed E-state index contributed by atoms with van der Waals surface area (Å²) in [6.07, 6.45) is 1.00. The molecule has 2 saturated carbocycles. The minimum atomic E-state index is -3.74. The number of carbonyl (C=O) groups is 1. The van der Waals surface area contributed by atoms with Crippen LogP contribution < -0.4 is 5.32 Å². The highest BCUT2D eigenvalue weighted by atomic mass is 35.5. The van der Waals surface area contributed by atoms with Crippen molar-refractivity contribution in [2.45, 2.75) is 47.5 Å². The summed E-state index contributed by atoms with van der Waals surface area (Å²) in [5.74, 6) is -0.965. The van der Waals surface area contributed by atoms with Crippen molar-refractivity contribution < 1.29 is 17.9 Å². The van der Waals surface area contributed by atoms with Gasteiger partial charge in [0, 0.05) is 12.1 Å². The SMILES string of the molecule is CO[C@H]1C[C@@H](S(=O)(=O)c2ccc(Cl)cc2Cl)C[C@@H]1C(=O)NC1(C#N)CC1. The second-order valence-electron chi connectivity index (χ2n) is 6.78. The van der Waals surface area contributed by atoms with Crippen LogP contribution in [0.2, 0.25) is 10.0 Å². The third-order valence-corrected chi connectivity index (χ3v) is 7.96. The van der Waals surface area contributed by atoms with Gasteiger partial charge in [0.25, 0.3) is 0 Å². The maximum absolute atomic E-state index is 13.0. The number of carbonyl (C=O) groups excluding carboxylic acids is 1. The fourth-order valence-electron chi connectivity index (χ4n) is 3.35. The number of nitrogens with one attached hydrogen (secondary N) is 1. The van der Waals surface area contributed by atoms with Crippen LogP contribution >= 0.6 is 23.2 Å². The Morgan fingerprint density at radius 2 is 2.04 bits per heavy atom. The minimum Gasteiger partial charge on any atom is -0.381 e. The van der Waals surface area contributed by atoms with Gasteiger partial charge >= 0.3 is 0 Å². The Morgan fingerprint density at radius 1 is 1.35 bits per heavy atom.